The van der Waals surface area contributed by atoms with Gasteiger partial charge in [-0.05, 0) is 24.7 Å². The van der Waals surface area contributed by atoms with Crippen LogP contribution >= 0.6 is 0 Å². The van der Waals surface area contributed by atoms with Crippen molar-refractivity contribution in [1.29, 1.82) is 0 Å². The van der Waals surface area contributed by atoms with Crippen molar-refractivity contribution in [2.75, 3.05) is 0 Å². The Labute approximate surface area is 89.8 Å². The Morgan fingerprint density at radius 3 is 2.13 bits per heavy atom. The van der Waals surface area contributed by atoms with Crippen molar-refractivity contribution < 1.29 is 4.79 Å². The fourth-order valence-electron chi connectivity index (χ4n) is 2.96. The maximum atomic E-state index is 12.3. The second kappa shape index (κ2) is 3.34. The molecule has 1 unspecified atom stereocenters. The van der Waals surface area contributed by atoms with Crippen molar-refractivity contribution in [3.8, 4) is 0 Å². The minimum Gasteiger partial charge on any atom is -0.294 e. The van der Waals surface area contributed by atoms with Gasteiger partial charge in [0.15, 0.2) is 5.78 Å². The van der Waals surface area contributed by atoms with Gasteiger partial charge in [0.1, 0.15) is 0 Å². The highest BCUT2D eigenvalue weighted by Gasteiger charge is 2.42. The van der Waals surface area contributed by atoms with E-state index in [1.54, 1.807) is 0 Å². The fraction of sp³-hybridized carbons (Fsp3) is 0.357. The third-order valence-corrected chi connectivity index (χ3v) is 3.72. The van der Waals surface area contributed by atoms with Crippen LogP contribution in [0.4, 0.5) is 0 Å². The molecular weight excluding hydrogens is 184 g/mol. The van der Waals surface area contributed by atoms with Gasteiger partial charge in [0.2, 0.25) is 0 Å². The average Bonchev–Trinajstić information content (AvgIpc) is 2.89. The molecule has 1 heteroatoms. The third kappa shape index (κ3) is 1.34. The van der Waals surface area contributed by atoms with Crippen molar-refractivity contribution in [3.63, 3.8) is 0 Å². The molecule has 0 radical (unpaired) electrons. The quantitative estimate of drug-likeness (QED) is 0.527. The SMILES string of the molecule is O=C(c1ccccc1)C1[C@@H]2C=C[C@H]1CC2. The molecular formula is C14H14O. The molecule has 15 heavy (non-hydrogen) atoms. The topological polar surface area (TPSA) is 17.1 Å². The molecule has 0 aromatic heterocycles. The van der Waals surface area contributed by atoms with Gasteiger partial charge in [-0.25, -0.2) is 0 Å². The van der Waals surface area contributed by atoms with Crippen molar-refractivity contribution in [2.45, 2.75) is 12.8 Å². The second-order valence-corrected chi connectivity index (χ2v) is 4.55. The van der Waals surface area contributed by atoms with E-state index < -0.39 is 0 Å². The number of ketones is 1. The van der Waals surface area contributed by atoms with Crippen LogP contribution in [0.2, 0.25) is 0 Å². The Balaban J connectivity index is 1.88. The van der Waals surface area contributed by atoms with Crippen molar-refractivity contribution in [3.05, 3.63) is 48.0 Å². The lowest BCUT2D eigenvalue weighted by atomic mass is 9.88. The fourth-order valence-corrected chi connectivity index (χ4v) is 2.96. The number of hydrogen-bond donors (Lipinski definition) is 0. The summed E-state index contributed by atoms with van der Waals surface area (Å²) < 4.78 is 0. The van der Waals surface area contributed by atoms with Gasteiger partial charge < -0.3 is 0 Å². The zero-order chi connectivity index (χ0) is 10.3. The normalized spacial score (nSPS) is 32.1. The molecule has 2 aliphatic carbocycles. The minimum atomic E-state index is 0.243. The first-order chi connectivity index (χ1) is 7.36. The molecule has 0 amide bonds. The number of fused-ring (bicyclic) bond motifs is 2. The van der Waals surface area contributed by atoms with Gasteiger partial charge in [0.05, 0.1) is 0 Å². The summed E-state index contributed by atoms with van der Waals surface area (Å²) in [7, 11) is 0. The Bertz CT molecular complexity index is 391. The number of benzene rings is 1. The smallest absolute Gasteiger partial charge is 0.167 e. The first-order valence-electron chi connectivity index (χ1n) is 5.64. The van der Waals surface area contributed by atoms with Crippen LogP contribution < -0.4 is 0 Å². The first kappa shape index (κ1) is 8.90. The molecule has 1 fully saturated rings. The van der Waals surface area contributed by atoms with E-state index in [0.29, 0.717) is 17.6 Å². The number of carbonyl (C=O) groups excluding carboxylic acids is 1. The Morgan fingerprint density at radius 1 is 1.00 bits per heavy atom. The highest BCUT2D eigenvalue weighted by molar-refractivity contribution is 5.99. The zero-order valence-electron chi connectivity index (χ0n) is 8.60. The van der Waals surface area contributed by atoms with E-state index in [1.807, 2.05) is 30.3 Å². The predicted octanol–water partition coefficient (Wildman–Crippen LogP) is 3.08. The predicted molar refractivity (Wildman–Crippen MR) is 59.6 cm³/mol. The summed E-state index contributed by atoms with van der Waals surface area (Å²) in [5.41, 5.74) is 0.878. The van der Waals surface area contributed by atoms with Crippen molar-refractivity contribution in [1.82, 2.24) is 0 Å². The van der Waals surface area contributed by atoms with E-state index in [4.69, 9.17) is 0 Å². The molecule has 3 rings (SSSR count). The molecule has 3 atom stereocenters. The van der Waals surface area contributed by atoms with Crippen molar-refractivity contribution in [2.24, 2.45) is 17.8 Å². The molecule has 1 aromatic carbocycles. The minimum absolute atomic E-state index is 0.243. The van der Waals surface area contributed by atoms with Gasteiger partial charge in [0.25, 0.3) is 0 Å². The van der Waals surface area contributed by atoms with Gasteiger partial charge in [0, 0.05) is 11.5 Å². The van der Waals surface area contributed by atoms with Gasteiger partial charge in [-0.3, -0.25) is 4.79 Å². The van der Waals surface area contributed by atoms with Crippen LogP contribution in [0.25, 0.3) is 0 Å². The molecule has 1 saturated carbocycles. The van der Waals surface area contributed by atoms with Crippen LogP contribution in [0.15, 0.2) is 42.5 Å². The lowest BCUT2D eigenvalue weighted by Crippen LogP contribution is -2.19. The van der Waals surface area contributed by atoms with Crippen LogP contribution in [0.1, 0.15) is 23.2 Å². The third-order valence-electron chi connectivity index (χ3n) is 3.72. The summed E-state index contributed by atoms with van der Waals surface area (Å²) in [5.74, 6) is 1.62. The Kier molecular flexibility index (Phi) is 1.98. The summed E-state index contributed by atoms with van der Waals surface area (Å²) >= 11 is 0. The average molecular weight is 198 g/mol. The number of Topliss-reactive ketones (excluding diaryl/α,β-unsaturated/α-hetero) is 1. The van der Waals surface area contributed by atoms with Gasteiger partial charge in [-0.15, -0.1) is 0 Å². The summed E-state index contributed by atoms with van der Waals surface area (Å²) in [5, 5.41) is 0. The second-order valence-electron chi connectivity index (χ2n) is 4.55. The maximum absolute atomic E-state index is 12.3. The summed E-state index contributed by atoms with van der Waals surface area (Å²) in [6.07, 6.45) is 6.87. The lowest BCUT2D eigenvalue weighted by Gasteiger charge is -2.14. The van der Waals surface area contributed by atoms with E-state index in [0.717, 1.165) is 5.56 Å². The molecule has 76 valence electrons. The number of hydrogen-bond acceptors (Lipinski definition) is 1. The van der Waals surface area contributed by atoms with Gasteiger partial charge >= 0.3 is 0 Å². The molecule has 0 saturated heterocycles. The molecule has 0 N–H and O–H groups in total. The Hall–Kier alpha value is -1.37. The summed E-state index contributed by atoms with van der Waals surface area (Å²) in [6, 6.07) is 9.70. The number of rotatable bonds is 2. The monoisotopic (exact) mass is 198 g/mol. The van der Waals surface area contributed by atoms with Gasteiger partial charge in [-0.2, -0.15) is 0 Å². The van der Waals surface area contributed by atoms with Crippen LogP contribution in [0, 0.1) is 17.8 Å². The van der Waals surface area contributed by atoms with Crippen LogP contribution in [0.5, 0.6) is 0 Å². The van der Waals surface area contributed by atoms with E-state index in [9.17, 15) is 4.79 Å². The summed E-state index contributed by atoms with van der Waals surface area (Å²) in [4.78, 5) is 12.3. The first-order valence-corrected chi connectivity index (χ1v) is 5.64. The van der Waals surface area contributed by atoms with E-state index in [-0.39, 0.29) is 5.92 Å². The summed E-state index contributed by atoms with van der Waals surface area (Å²) in [6.45, 7) is 0. The Morgan fingerprint density at radius 2 is 1.60 bits per heavy atom. The van der Waals surface area contributed by atoms with E-state index >= 15 is 0 Å². The highest BCUT2D eigenvalue weighted by Crippen LogP contribution is 2.45. The molecule has 0 spiro atoms. The molecule has 0 aliphatic heterocycles. The maximum Gasteiger partial charge on any atom is 0.167 e. The van der Waals surface area contributed by atoms with Gasteiger partial charge in [-0.1, -0.05) is 42.5 Å². The molecule has 0 heterocycles. The van der Waals surface area contributed by atoms with E-state index in [2.05, 4.69) is 12.2 Å². The van der Waals surface area contributed by atoms with E-state index in [1.165, 1.54) is 12.8 Å². The lowest BCUT2D eigenvalue weighted by molar-refractivity contribution is 0.0893. The van der Waals surface area contributed by atoms with Crippen LogP contribution in [-0.4, -0.2) is 5.78 Å². The molecule has 1 nitrogen and oxygen atoms in total. The number of carbonyl (C=O) groups is 1. The molecule has 2 bridgehead atoms. The molecule has 2 aliphatic rings. The number of allylic oxidation sites excluding steroid dienone is 2. The van der Waals surface area contributed by atoms with Crippen LogP contribution in [-0.2, 0) is 0 Å². The van der Waals surface area contributed by atoms with Crippen LogP contribution in [0.3, 0.4) is 0 Å². The van der Waals surface area contributed by atoms with Crippen molar-refractivity contribution >= 4 is 5.78 Å². The molecule has 1 aromatic rings. The standard InChI is InChI=1S/C14H14O/c15-14(12-4-2-1-3-5-12)13-10-6-7-11(13)9-8-10/h1-7,10-11,13H,8-9H2/t10-,11+,13?. The largest absolute Gasteiger partial charge is 0.294 e. The zero-order valence-corrected chi connectivity index (χ0v) is 8.60. The highest BCUT2D eigenvalue weighted by atomic mass is 16.1.